The molecular weight excluding hydrogens is 409 g/mol. The number of esters is 1. The fraction of sp³-hybridized carbons (Fsp3) is 0.227. The zero-order valence-electron chi connectivity index (χ0n) is 16.8. The highest BCUT2D eigenvalue weighted by Gasteiger charge is 2.32. The number of fused-ring (bicyclic) bond motifs is 2. The monoisotopic (exact) mass is 428 g/mol. The number of anilines is 1. The number of carbonyl (C=O) groups is 1. The van der Waals surface area contributed by atoms with Gasteiger partial charge >= 0.3 is 12.1 Å². The van der Waals surface area contributed by atoms with Crippen molar-refractivity contribution in [2.45, 2.75) is 32.5 Å². The van der Waals surface area contributed by atoms with Crippen molar-refractivity contribution in [2.75, 3.05) is 5.73 Å². The van der Waals surface area contributed by atoms with E-state index in [1.807, 2.05) is 6.92 Å². The Balaban J connectivity index is 2.02. The van der Waals surface area contributed by atoms with E-state index in [1.165, 1.54) is 16.7 Å². The van der Waals surface area contributed by atoms with Gasteiger partial charge in [0.15, 0.2) is 5.65 Å². The molecule has 4 aromatic rings. The minimum Gasteiger partial charge on any atom is -0.459 e. The van der Waals surface area contributed by atoms with Gasteiger partial charge in [-0.25, -0.2) is 14.8 Å². The van der Waals surface area contributed by atoms with E-state index in [0.29, 0.717) is 17.5 Å². The molecule has 0 saturated heterocycles. The summed E-state index contributed by atoms with van der Waals surface area (Å²) < 4.78 is 46.6. The molecule has 2 N–H and O–H groups in total. The van der Waals surface area contributed by atoms with Crippen LogP contribution in [0.25, 0.3) is 27.9 Å². The second-order valence-electron chi connectivity index (χ2n) is 7.15. The Labute approximate surface area is 175 Å². The molecular formula is C22H19F3N4O2. The first-order chi connectivity index (χ1) is 14.7. The summed E-state index contributed by atoms with van der Waals surface area (Å²) in [5, 5.41) is 0. The van der Waals surface area contributed by atoms with Crippen LogP contribution in [0, 0.1) is 0 Å². The van der Waals surface area contributed by atoms with Crippen LogP contribution in [0.15, 0.2) is 48.5 Å². The van der Waals surface area contributed by atoms with E-state index in [4.69, 9.17) is 10.5 Å². The lowest BCUT2D eigenvalue weighted by Crippen LogP contribution is -2.15. The van der Waals surface area contributed by atoms with E-state index in [9.17, 15) is 18.0 Å². The fourth-order valence-electron chi connectivity index (χ4n) is 3.27. The number of para-hydroxylation sites is 2. The molecule has 9 heteroatoms. The zero-order valence-corrected chi connectivity index (χ0v) is 16.8. The van der Waals surface area contributed by atoms with E-state index in [0.717, 1.165) is 12.1 Å². The van der Waals surface area contributed by atoms with Gasteiger partial charge in [-0.3, -0.25) is 4.57 Å². The van der Waals surface area contributed by atoms with Crippen LogP contribution in [0.3, 0.4) is 0 Å². The van der Waals surface area contributed by atoms with Gasteiger partial charge in [0, 0.05) is 5.69 Å². The Hall–Kier alpha value is -3.62. The molecule has 0 unspecified atom stereocenters. The summed E-state index contributed by atoms with van der Waals surface area (Å²) in [5.41, 5.74) is 6.92. The van der Waals surface area contributed by atoms with Gasteiger partial charge in [0.05, 0.1) is 22.7 Å². The van der Waals surface area contributed by atoms with Crippen molar-refractivity contribution in [3.8, 4) is 5.69 Å². The molecule has 1 atom stereocenters. The number of halogens is 3. The Kier molecular flexibility index (Phi) is 5.04. The topological polar surface area (TPSA) is 83.0 Å². The predicted molar refractivity (Wildman–Crippen MR) is 111 cm³/mol. The van der Waals surface area contributed by atoms with Crippen LogP contribution in [0.5, 0.6) is 0 Å². The summed E-state index contributed by atoms with van der Waals surface area (Å²) in [4.78, 5) is 22.0. The lowest BCUT2D eigenvalue weighted by atomic mass is 10.2. The normalized spacial score (nSPS) is 12.9. The maximum Gasteiger partial charge on any atom is 0.416 e. The molecule has 0 amide bonds. The van der Waals surface area contributed by atoms with Crippen molar-refractivity contribution >= 4 is 34.0 Å². The summed E-state index contributed by atoms with van der Waals surface area (Å²) in [6, 6.07) is 11.6. The molecule has 0 aliphatic heterocycles. The largest absolute Gasteiger partial charge is 0.459 e. The molecule has 2 heterocycles. The molecule has 6 nitrogen and oxygen atoms in total. The molecule has 4 rings (SSSR count). The van der Waals surface area contributed by atoms with Crippen LogP contribution < -0.4 is 5.73 Å². The Morgan fingerprint density at radius 3 is 2.45 bits per heavy atom. The quantitative estimate of drug-likeness (QED) is 0.456. The van der Waals surface area contributed by atoms with Crippen molar-refractivity contribution in [2.24, 2.45) is 0 Å². The highest BCUT2D eigenvalue weighted by atomic mass is 19.4. The standard InChI is InChI=1S/C22H19F3N4O2/c1-3-12(2)31-21(30)17-18-20(28-16-10-5-4-9-15(16)27-18)29(19(17)26)14-8-6-7-13(11-14)22(23,24)25/h4-12H,3,26H2,1-2H3/t12-/m0/s1. The molecule has 0 spiro atoms. The molecule has 160 valence electrons. The average molecular weight is 428 g/mol. The van der Waals surface area contributed by atoms with Crippen molar-refractivity contribution < 1.29 is 22.7 Å². The number of nitrogens with zero attached hydrogens (tertiary/aromatic N) is 3. The fourth-order valence-corrected chi connectivity index (χ4v) is 3.27. The lowest BCUT2D eigenvalue weighted by molar-refractivity contribution is -0.137. The molecule has 0 aliphatic carbocycles. The number of hydrogen-bond acceptors (Lipinski definition) is 5. The first kappa shape index (κ1) is 20.6. The second kappa shape index (κ2) is 7.57. The molecule has 0 bridgehead atoms. The van der Waals surface area contributed by atoms with Crippen LogP contribution in [-0.2, 0) is 10.9 Å². The Morgan fingerprint density at radius 1 is 1.13 bits per heavy atom. The Bertz CT molecular complexity index is 1300. The number of hydrogen-bond donors (Lipinski definition) is 1. The van der Waals surface area contributed by atoms with E-state index >= 15 is 0 Å². The van der Waals surface area contributed by atoms with E-state index in [-0.39, 0.29) is 34.3 Å². The first-order valence-corrected chi connectivity index (χ1v) is 9.66. The third-order valence-electron chi connectivity index (χ3n) is 5.02. The number of carbonyl (C=O) groups excluding carboxylic acids is 1. The third-order valence-corrected chi connectivity index (χ3v) is 5.02. The van der Waals surface area contributed by atoms with Crippen molar-refractivity contribution in [1.82, 2.24) is 14.5 Å². The predicted octanol–water partition coefficient (Wildman–Crippen LogP) is 5.13. The average Bonchev–Trinajstić information content (AvgIpc) is 3.02. The molecule has 0 saturated carbocycles. The van der Waals surface area contributed by atoms with Crippen LogP contribution in [-0.4, -0.2) is 26.6 Å². The lowest BCUT2D eigenvalue weighted by Gasteiger charge is -2.12. The number of ether oxygens (including phenoxy) is 1. The highest BCUT2D eigenvalue weighted by molar-refractivity contribution is 6.09. The minimum absolute atomic E-state index is 0.0223. The van der Waals surface area contributed by atoms with Gasteiger partial charge in [0.2, 0.25) is 0 Å². The molecule has 2 aromatic heterocycles. The number of nitrogen functional groups attached to an aromatic ring is 1. The number of rotatable bonds is 4. The number of alkyl halides is 3. The van der Waals surface area contributed by atoms with Crippen molar-refractivity contribution in [1.29, 1.82) is 0 Å². The van der Waals surface area contributed by atoms with Crippen molar-refractivity contribution in [3.05, 3.63) is 59.7 Å². The smallest absolute Gasteiger partial charge is 0.416 e. The SMILES string of the molecule is CC[C@H](C)OC(=O)c1c(N)n(-c2cccc(C(F)(F)F)c2)c2nc3ccccc3nc12. The summed E-state index contributed by atoms with van der Waals surface area (Å²) in [5.74, 6) is -0.787. The molecule has 0 aliphatic rings. The highest BCUT2D eigenvalue weighted by Crippen LogP contribution is 2.35. The molecule has 0 fully saturated rings. The van der Waals surface area contributed by atoms with Gasteiger partial charge in [-0.2, -0.15) is 13.2 Å². The van der Waals surface area contributed by atoms with E-state index < -0.39 is 17.7 Å². The minimum atomic E-state index is -4.54. The second-order valence-corrected chi connectivity index (χ2v) is 7.15. The van der Waals surface area contributed by atoms with Crippen LogP contribution in [0.2, 0.25) is 0 Å². The summed E-state index contributed by atoms with van der Waals surface area (Å²) >= 11 is 0. The van der Waals surface area contributed by atoms with Gasteiger partial charge in [-0.15, -0.1) is 0 Å². The molecule has 2 aromatic carbocycles. The van der Waals surface area contributed by atoms with Crippen LogP contribution >= 0.6 is 0 Å². The third kappa shape index (κ3) is 3.67. The van der Waals surface area contributed by atoms with Gasteiger partial charge in [0.1, 0.15) is 16.9 Å². The number of nitrogens with two attached hydrogens (primary N) is 1. The zero-order chi connectivity index (χ0) is 22.3. The first-order valence-electron chi connectivity index (χ1n) is 9.66. The Morgan fingerprint density at radius 2 is 1.81 bits per heavy atom. The summed E-state index contributed by atoms with van der Waals surface area (Å²) in [7, 11) is 0. The molecule has 0 radical (unpaired) electrons. The van der Waals surface area contributed by atoms with Gasteiger partial charge in [0.25, 0.3) is 0 Å². The van der Waals surface area contributed by atoms with E-state index in [2.05, 4.69) is 9.97 Å². The van der Waals surface area contributed by atoms with Crippen LogP contribution in [0.4, 0.5) is 19.0 Å². The van der Waals surface area contributed by atoms with Gasteiger partial charge < -0.3 is 10.5 Å². The molecule has 31 heavy (non-hydrogen) atoms. The summed E-state index contributed by atoms with van der Waals surface area (Å²) in [6.07, 6.45) is -4.32. The van der Waals surface area contributed by atoms with Gasteiger partial charge in [-0.05, 0) is 43.7 Å². The van der Waals surface area contributed by atoms with Crippen LogP contribution in [0.1, 0.15) is 36.2 Å². The van der Waals surface area contributed by atoms with E-state index in [1.54, 1.807) is 31.2 Å². The maximum atomic E-state index is 13.3. The maximum absolute atomic E-state index is 13.3. The number of benzene rings is 2. The van der Waals surface area contributed by atoms with Gasteiger partial charge in [-0.1, -0.05) is 25.1 Å². The van der Waals surface area contributed by atoms with Crippen molar-refractivity contribution in [3.63, 3.8) is 0 Å². The summed E-state index contributed by atoms with van der Waals surface area (Å²) in [6.45, 7) is 3.60. The number of aromatic nitrogens is 3.